The molecule has 1 rings (SSSR count). The van der Waals surface area contributed by atoms with Crippen LogP contribution in [-0.4, -0.2) is 0 Å². The second-order valence-electron chi connectivity index (χ2n) is 2.54. The van der Waals surface area contributed by atoms with E-state index in [1.807, 2.05) is 0 Å². The molecule has 0 spiro atoms. The predicted molar refractivity (Wildman–Crippen MR) is 50.5 cm³/mol. The minimum atomic E-state index is -9.59. The first-order chi connectivity index (χ1) is 5.90. The molecule has 82 valence electrons. The fraction of sp³-hybridized carbons (Fsp3) is 0. The van der Waals surface area contributed by atoms with E-state index < -0.39 is 20.1 Å². The van der Waals surface area contributed by atoms with Gasteiger partial charge in [-0.3, -0.25) is 0 Å². The van der Waals surface area contributed by atoms with E-state index in [0.717, 1.165) is 6.07 Å². The Kier molecular flexibility index (Phi) is 2.21. The van der Waals surface area contributed by atoms with Crippen molar-refractivity contribution in [2.24, 2.45) is 0 Å². The van der Waals surface area contributed by atoms with E-state index in [0.29, 0.717) is 0 Å². The first kappa shape index (κ1) is 12.1. The first-order valence-electron chi connectivity index (χ1n) is 3.09. The molecule has 0 heterocycles. The van der Waals surface area contributed by atoms with Crippen LogP contribution in [0.2, 0.25) is 5.02 Å². The second-order valence-corrected chi connectivity index (χ2v) is 6.22. The van der Waals surface area contributed by atoms with Gasteiger partial charge < -0.3 is 0 Å². The normalized spacial score (nSPS) is 17.4. The lowest BCUT2D eigenvalue weighted by molar-refractivity contribution is 0.364. The summed E-state index contributed by atoms with van der Waals surface area (Å²) in [6, 6.07) is 1.32. The molecule has 0 radical (unpaired) electrons. The van der Waals surface area contributed by atoms with Gasteiger partial charge in [-0.1, -0.05) is 31.0 Å². The number of hydrogen-bond acceptors (Lipinski definition) is 0. The first-order valence-corrected chi connectivity index (χ1v) is 6.21. The SMILES string of the molecule is FS(F)(F)(F)(F)c1ccc(Br)c(Cl)c1. The molecule has 14 heavy (non-hydrogen) atoms. The van der Waals surface area contributed by atoms with E-state index in [9.17, 15) is 19.4 Å². The standard InChI is InChI=1S/C6H3BrClF5S/c7-5-2-1-4(3-6(5)8)14(9,10,11,12)13/h1-3H. The van der Waals surface area contributed by atoms with Crippen LogP contribution < -0.4 is 0 Å². The maximum Gasteiger partial charge on any atom is 0.310 e. The molecule has 0 atom stereocenters. The van der Waals surface area contributed by atoms with E-state index in [1.165, 1.54) is 0 Å². The molecular formula is C6H3BrClF5S. The molecule has 0 saturated heterocycles. The Balaban J connectivity index is 3.45. The van der Waals surface area contributed by atoms with Gasteiger partial charge in [0.2, 0.25) is 0 Å². The van der Waals surface area contributed by atoms with E-state index in [4.69, 9.17) is 11.6 Å². The number of halogens is 7. The highest BCUT2D eigenvalue weighted by molar-refractivity contribution is 9.10. The molecule has 1 aromatic carbocycles. The summed E-state index contributed by atoms with van der Waals surface area (Å²) in [5.74, 6) is 0. The average molecular weight is 318 g/mol. The molecule has 0 nitrogen and oxygen atoms in total. The van der Waals surface area contributed by atoms with Gasteiger partial charge in [-0.15, -0.1) is 0 Å². The van der Waals surface area contributed by atoms with Crippen molar-refractivity contribution in [1.82, 2.24) is 0 Å². The van der Waals surface area contributed by atoms with Crippen molar-refractivity contribution in [3.63, 3.8) is 0 Å². The van der Waals surface area contributed by atoms with Gasteiger partial charge in [0.15, 0.2) is 0 Å². The Morgan fingerprint density at radius 3 is 1.93 bits per heavy atom. The maximum atomic E-state index is 12.2. The van der Waals surface area contributed by atoms with Crippen LogP contribution in [0.4, 0.5) is 19.4 Å². The van der Waals surface area contributed by atoms with Gasteiger partial charge in [0, 0.05) is 4.47 Å². The van der Waals surface area contributed by atoms with Gasteiger partial charge in [0.1, 0.15) is 4.90 Å². The molecule has 1 aromatic rings. The van der Waals surface area contributed by atoms with Gasteiger partial charge in [0.05, 0.1) is 5.02 Å². The van der Waals surface area contributed by atoms with Gasteiger partial charge in [0.25, 0.3) is 0 Å². The molecule has 0 unspecified atom stereocenters. The predicted octanol–water partition coefficient (Wildman–Crippen LogP) is 5.76. The summed E-state index contributed by atoms with van der Waals surface area (Å²) in [5.41, 5.74) is 0. The Labute approximate surface area is 89.9 Å². The minimum Gasteiger partial charge on any atom is -0.0936 e. The Morgan fingerprint density at radius 2 is 1.57 bits per heavy atom. The van der Waals surface area contributed by atoms with Crippen LogP contribution in [0.3, 0.4) is 0 Å². The summed E-state index contributed by atoms with van der Waals surface area (Å²) in [6.07, 6.45) is 0. The zero-order chi connectivity index (χ0) is 11.3. The molecular weight excluding hydrogens is 314 g/mol. The minimum absolute atomic E-state index is 0.129. The van der Waals surface area contributed by atoms with Crippen LogP contribution in [0.5, 0.6) is 0 Å². The molecule has 0 aromatic heterocycles. The van der Waals surface area contributed by atoms with Crippen LogP contribution in [0, 0.1) is 0 Å². The Morgan fingerprint density at radius 1 is 1.07 bits per heavy atom. The van der Waals surface area contributed by atoms with E-state index >= 15 is 0 Å². The van der Waals surface area contributed by atoms with Crippen molar-refractivity contribution >= 4 is 37.8 Å². The lowest BCUT2D eigenvalue weighted by atomic mass is 10.4. The summed E-state index contributed by atoms with van der Waals surface area (Å²) in [5, 5.41) is -0.407. The highest BCUT2D eigenvalue weighted by atomic mass is 79.9. The van der Waals surface area contributed by atoms with E-state index in [1.54, 1.807) is 0 Å². The molecule has 0 bridgehead atoms. The molecule has 0 fully saturated rings. The smallest absolute Gasteiger partial charge is 0.0936 e. The van der Waals surface area contributed by atoms with Crippen molar-refractivity contribution in [1.29, 1.82) is 0 Å². The quantitative estimate of drug-likeness (QED) is 0.578. The fourth-order valence-corrected chi connectivity index (χ4v) is 1.87. The van der Waals surface area contributed by atoms with Gasteiger partial charge in [-0.25, -0.2) is 0 Å². The Hall–Kier alpha value is -0.0100. The number of benzene rings is 1. The van der Waals surface area contributed by atoms with E-state index in [-0.39, 0.29) is 16.6 Å². The molecule has 0 aliphatic rings. The zero-order valence-electron chi connectivity index (χ0n) is 6.29. The molecule has 0 aliphatic heterocycles. The number of rotatable bonds is 1. The fourth-order valence-electron chi connectivity index (χ4n) is 0.717. The maximum absolute atomic E-state index is 12.2. The largest absolute Gasteiger partial charge is 0.310 e. The molecule has 0 N–H and O–H groups in total. The van der Waals surface area contributed by atoms with Gasteiger partial charge in [-0.2, -0.15) is 0 Å². The van der Waals surface area contributed by atoms with Gasteiger partial charge in [-0.05, 0) is 34.1 Å². The molecule has 0 saturated carbocycles. The van der Waals surface area contributed by atoms with Crippen molar-refractivity contribution in [3.8, 4) is 0 Å². The van der Waals surface area contributed by atoms with E-state index in [2.05, 4.69) is 15.9 Å². The summed E-state index contributed by atoms with van der Waals surface area (Å²) in [4.78, 5) is -1.99. The summed E-state index contributed by atoms with van der Waals surface area (Å²) in [7, 11) is -9.59. The summed E-state index contributed by atoms with van der Waals surface area (Å²) in [6.45, 7) is 0. The van der Waals surface area contributed by atoms with Gasteiger partial charge >= 0.3 is 10.2 Å². The third-order valence-electron chi connectivity index (χ3n) is 1.34. The summed E-state index contributed by atoms with van der Waals surface area (Å²) < 4.78 is 61.1. The van der Waals surface area contributed by atoms with Crippen molar-refractivity contribution in [3.05, 3.63) is 27.7 Å². The lowest BCUT2D eigenvalue weighted by Gasteiger charge is -2.40. The lowest BCUT2D eigenvalue weighted by Crippen LogP contribution is -2.05. The van der Waals surface area contributed by atoms with Crippen LogP contribution in [0.15, 0.2) is 27.6 Å². The monoisotopic (exact) mass is 316 g/mol. The van der Waals surface area contributed by atoms with Crippen molar-refractivity contribution < 1.29 is 19.4 Å². The van der Waals surface area contributed by atoms with Crippen LogP contribution in [0.1, 0.15) is 0 Å². The molecule has 8 heteroatoms. The Bertz CT molecular complexity index is 386. The topological polar surface area (TPSA) is 0 Å². The van der Waals surface area contributed by atoms with Crippen LogP contribution in [0.25, 0.3) is 0 Å². The molecule has 0 aliphatic carbocycles. The second kappa shape index (κ2) is 2.56. The molecule has 0 amide bonds. The highest BCUT2D eigenvalue weighted by Gasteiger charge is 2.65. The third kappa shape index (κ3) is 2.74. The van der Waals surface area contributed by atoms with Crippen molar-refractivity contribution in [2.75, 3.05) is 0 Å². The third-order valence-corrected chi connectivity index (χ3v) is 3.71. The summed E-state index contributed by atoms with van der Waals surface area (Å²) >= 11 is 8.08. The number of hydrogen-bond donors (Lipinski definition) is 0. The highest BCUT2D eigenvalue weighted by Crippen LogP contribution is 3.02. The average Bonchev–Trinajstić information content (AvgIpc) is 1.89. The van der Waals surface area contributed by atoms with Crippen LogP contribution >= 0.6 is 37.8 Å². The van der Waals surface area contributed by atoms with Crippen molar-refractivity contribution in [2.45, 2.75) is 4.90 Å². The zero-order valence-corrected chi connectivity index (χ0v) is 9.44. The van der Waals surface area contributed by atoms with Crippen LogP contribution in [-0.2, 0) is 0 Å².